The molecule has 1 amide bonds. The largest absolute Gasteiger partial charge is 0.493 e. The van der Waals surface area contributed by atoms with E-state index >= 15 is 0 Å². The zero-order valence-corrected chi connectivity index (χ0v) is 16.9. The number of nitrogens with one attached hydrogen (secondary N) is 1. The Morgan fingerprint density at radius 1 is 0.931 bits per heavy atom. The van der Waals surface area contributed by atoms with Crippen molar-refractivity contribution in [1.82, 2.24) is 0 Å². The average Bonchev–Trinajstić information content (AvgIpc) is 2.73. The number of carbonyl (C=O) groups is 1. The van der Waals surface area contributed by atoms with Crippen molar-refractivity contribution in [3.8, 4) is 11.5 Å². The van der Waals surface area contributed by atoms with Gasteiger partial charge in [0.05, 0.1) is 6.61 Å². The molecule has 1 unspecified atom stereocenters. The third-order valence-corrected chi connectivity index (χ3v) is 4.53. The van der Waals surface area contributed by atoms with Crippen LogP contribution >= 0.6 is 0 Å². The van der Waals surface area contributed by atoms with E-state index < -0.39 is 6.10 Å². The number of anilines is 1. The quantitative estimate of drug-likeness (QED) is 0.532. The molecule has 0 spiro atoms. The van der Waals surface area contributed by atoms with Crippen molar-refractivity contribution in [2.75, 3.05) is 11.9 Å². The van der Waals surface area contributed by atoms with Crippen molar-refractivity contribution in [3.05, 3.63) is 90.0 Å². The van der Waals surface area contributed by atoms with Crippen LogP contribution in [0.3, 0.4) is 0 Å². The smallest absolute Gasteiger partial charge is 0.265 e. The van der Waals surface area contributed by atoms with Gasteiger partial charge in [0.25, 0.3) is 5.91 Å². The van der Waals surface area contributed by atoms with Gasteiger partial charge in [0.15, 0.2) is 6.10 Å². The van der Waals surface area contributed by atoms with Gasteiger partial charge in [-0.2, -0.15) is 0 Å². The van der Waals surface area contributed by atoms with Crippen LogP contribution in [0, 0.1) is 6.92 Å². The van der Waals surface area contributed by atoms with E-state index in [-0.39, 0.29) is 5.91 Å². The van der Waals surface area contributed by atoms with Crippen LogP contribution in [0.2, 0.25) is 0 Å². The molecule has 3 aromatic carbocycles. The maximum absolute atomic E-state index is 12.7. The molecule has 150 valence electrons. The van der Waals surface area contributed by atoms with Crippen LogP contribution in [0.25, 0.3) is 0 Å². The van der Waals surface area contributed by atoms with Gasteiger partial charge in [0.2, 0.25) is 0 Å². The molecule has 0 aliphatic heterocycles. The molecule has 0 saturated heterocycles. The SMILES string of the molecule is CCC(Oc1cccc(C)c1)C(=O)Nc1cccc(OCCc2ccccc2)c1. The Bertz CT molecular complexity index is 924. The van der Waals surface area contributed by atoms with Crippen LogP contribution in [0.15, 0.2) is 78.9 Å². The summed E-state index contributed by atoms with van der Waals surface area (Å²) in [5.74, 6) is 1.26. The highest BCUT2D eigenvalue weighted by atomic mass is 16.5. The van der Waals surface area contributed by atoms with E-state index in [0.29, 0.717) is 24.5 Å². The molecule has 4 nitrogen and oxygen atoms in total. The summed E-state index contributed by atoms with van der Waals surface area (Å²) >= 11 is 0. The molecule has 0 aliphatic carbocycles. The highest BCUT2D eigenvalue weighted by Crippen LogP contribution is 2.20. The second-order valence-corrected chi connectivity index (χ2v) is 6.93. The van der Waals surface area contributed by atoms with Crippen LogP contribution in [0.1, 0.15) is 24.5 Å². The van der Waals surface area contributed by atoms with Crippen LogP contribution in [-0.2, 0) is 11.2 Å². The van der Waals surface area contributed by atoms with Gasteiger partial charge < -0.3 is 14.8 Å². The number of hydrogen-bond donors (Lipinski definition) is 1. The van der Waals surface area contributed by atoms with E-state index in [1.165, 1.54) is 5.56 Å². The molecule has 0 radical (unpaired) electrons. The second-order valence-electron chi connectivity index (χ2n) is 6.93. The molecule has 3 rings (SSSR count). The monoisotopic (exact) mass is 389 g/mol. The van der Waals surface area contributed by atoms with Crippen LogP contribution in [-0.4, -0.2) is 18.6 Å². The van der Waals surface area contributed by atoms with E-state index in [4.69, 9.17) is 9.47 Å². The highest BCUT2D eigenvalue weighted by molar-refractivity contribution is 5.94. The Morgan fingerprint density at radius 3 is 2.45 bits per heavy atom. The van der Waals surface area contributed by atoms with E-state index in [0.717, 1.165) is 17.7 Å². The first-order chi connectivity index (χ1) is 14.1. The lowest BCUT2D eigenvalue weighted by Gasteiger charge is -2.18. The predicted molar refractivity (Wildman–Crippen MR) is 117 cm³/mol. The number of amides is 1. The Balaban J connectivity index is 1.55. The average molecular weight is 389 g/mol. The van der Waals surface area contributed by atoms with Crippen molar-refractivity contribution in [2.45, 2.75) is 32.8 Å². The summed E-state index contributed by atoms with van der Waals surface area (Å²) in [5.41, 5.74) is 3.02. The molecule has 1 atom stereocenters. The minimum Gasteiger partial charge on any atom is -0.493 e. The normalized spacial score (nSPS) is 11.5. The first-order valence-electron chi connectivity index (χ1n) is 9.95. The first kappa shape index (κ1) is 20.5. The number of hydrogen-bond acceptors (Lipinski definition) is 3. The van der Waals surface area contributed by atoms with E-state index in [2.05, 4.69) is 17.4 Å². The van der Waals surface area contributed by atoms with Crippen molar-refractivity contribution in [2.24, 2.45) is 0 Å². The lowest BCUT2D eigenvalue weighted by molar-refractivity contribution is -0.122. The van der Waals surface area contributed by atoms with Crippen molar-refractivity contribution < 1.29 is 14.3 Å². The van der Waals surface area contributed by atoms with Crippen molar-refractivity contribution >= 4 is 11.6 Å². The Morgan fingerprint density at radius 2 is 1.69 bits per heavy atom. The molecule has 0 aromatic heterocycles. The van der Waals surface area contributed by atoms with Gasteiger partial charge in [-0.1, -0.05) is 55.5 Å². The van der Waals surface area contributed by atoms with Gasteiger partial charge in [-0.15, -0.1) is 0 Å². The molecule has 0 saturated carbocycles. The Hall–Kier alpha value is -3.27. The number of rotatable bonds is 9. The molecule has 0 heterocycles. The molecular formula is C25H27NO3. The maximum Gasteiger partial charge on any atom is 0.265 e. The lowest BCUT2D eigenvalue weighted by Crippen LogP contribution is -2.32. The van der Waals surface area contributed by atoms with Crippen molar-refractivity contribution in [1.29, 1.82) is 0 Å². The fourth-order valence-corrected chi connectivity index (χ4v) is 2.99. The third-order valence-electron chi connectivity index (χ3n) is 4.53. The molecular weight excluding hydrogens is 362 g/mol. The molecule has 0 bridgehead atoms. The van der Waals surface area contributed by atoms with E-state index in [9.17, 15) is 4.79 Å². The molecule has 0 fully saturated rings. The zero-order chi connectivity index (χ0) is 20.5. The van der Waals surface area contributed by atoms with Crippen molar-refractivity contribution in [3.63, 3.8) is 0 Å². The summed E-state index contributed by atoms with van der Waals surface area (Å²) in [5, 5.41) is 2.93. The summed E-state index contributed by atoms with van der Waals surface area (Å²) in [6, 6.07) is 25.4. The minimum atomic E-state index is -0.556. The van der Waals surface area contributed by atoms with E-state index in [1.54, 1.807) is 0 Å². The van der Waals surface area contributed by atoms with E-state index in [1.807, 2.05) is 80.6 Å². The number of aryl methyl sites for hydroxylation is 1. The van der Waals surface area contributed by atoms with Gasteiger partial charge in [-0.25, -0.2) is 0 Å². The fourth-order valence-electron chi connectivity index (χ4n) is 2.99. The first-order valence-corrected chi connectivity index (χ1v) is 9.95. The van der Waals surface area contributed by atoms with Gasteiger partial charge in [-0.05, 0) is 48.7 Å². The van der Waals surface area contributed by atoms with Crippen LogP contribution in [0.5, 0.6) is 11.5 Å². The summed E-state index contributed by atoms with van der Waals surface area (Å²) in [6.45, 7) is 4.51. The summed E-state index contributed by atoms with van der Waals surface area (Å²) in [6.07, 6.45) is 0.853. The molecule has 4 heteroatoms. The summed E-state index contributed by atoms with van der Waals surface area (Å²) < 4.78 is 11.7. The Kier molecular flexibility index (Phi) is 7.28. The predicted octanol–water partition coefficient (Wildman–Crippen LogP) is 5.41. The van der Waals surface area contributed by atoms with Gasteiger partial charge in [-0.3, -0.25) is 4.79 Å². The second kappa shape index (κ2) is 10.3. The number of ether oxygens (including phenoxy) is 2. The molecule has 3 aromatic rings. The zero-order valence-electron chi connectivity index (χ0n) is 16.9. The maximum atomic E-state index is 12.7. The van der Waals surface area contributed by atoms with Gasteiger partial charge >= 0.3 is 0 Å². The van der Waals surface area contributed by atoms with Crippen LogP contribution < -0.4 is 14.8 Å². The topological polar surface area (TPSA) is 47.6 Å². The van der Waals surface area contributed by atoms with Gasteiger partial charge in [0, 0.05) is 18.2 Å². The molecule has 29 heavy (non-hydrogen) atoms. The molecule has 1 N–H and O–H groups in total. The van der Waals surface area contributed by atoms with Crippen LogP contribution in [0.4, 0.5) is 5.69 Å². The summed E-state index contributed by atoms with van der Waals surface area (Å²) in [4.78, 5) is 12.7. The lowest BCUT2D eigenvalue weighted by atomic mass is 10.2. The molecule has 0 aliphatic rings. The summed E-state index contributed by atoms with van der Waals surface area (Å²) in [7, 11) is 0. The standard InChI is InChI=1S/C25H27NO3/c1-3-24(29-23-14-7-9-19(2)17-23)25(27)26-21-12-8-13-22(18-21)28-16-15-20-10-5-4-6-11-20/h4-14,17-18,24H,3,15-16H2,1-2H3,(H,26,27). The minimum absolute atomic E-state index is 0.171. The highest BCUT2D eigenvalue weighted by Gasteiger charge is 2.18. The third kappa shape index (κ3) is 6.39. The fraction of sp³-hybridized carbons (Fsp3) is 0.240. The Labute approximate surface area is 172 Å². The number of carbonyl (C=O) groups excluding carboxylic acids is 1. The number of benzene rings is 3. The van der Waals surface area contributed by atoms with Gasteiger partial charge in [0.1, 0.15) is 11.5 Å².